The van der Waals surface area contributed by atoms with Crippen molar-refractivity contribution in [2.45, 2.75) is 32.4 Å². The topological polar surface area (TPSA) is 21.3 Å². The summed E-state index contributed by atoms with van der Waals surface area (Å²) in [4.78, 5) is 0. The van der Waals surface area contributed by atoms with E-state index in [2.05, 4.69) is 12.2 Å². The van der Waals surface area contributed by atoms with Gasteiger partial charge in [0.25, 0.3) is 0 Å². The second-order valence-corrected chi connectivity index (χ2v) is 4.33. The van der Waals surface area contributed by atoms with Crippen LogP contribution in [0.4, 0.5) is 13.2 Å². The number of rotatable bonds is 8. The molecule has 2 nitrogen and oxygen atoms in total. The van der Waals surface area contributed by atoms with E-state index in [1.165, 1.54) is 6.07 Å². The fraction of sp³-hybridized carbons (Fsp3) is 0.571. The molecule has 0 spiro atoms. The molecule has 0 aromatic heterocycles. The maximum absolute atomic E-state index is 12.5. The Morgan fingerprint density at radius 3 is 2.63 bits per heavy atom. The quantitative estimate of drug-likeness (QED) is 0.727. The van der Waals surface area contributed by atoms with E-state index < -0.39 is 11.7 Å². The minimum absolute atomic E-state index is 0.274. The fourth-order valence-corrected chi connectivity index (χ4v) is 1.61. The van der Waals surface area contributed by atoms with Gasteiger partial charge in [0.2, 0.25) is 0 Å². The molecule has 0 bridgehead atoms. The van der Waals surface area contributed by atoms with Crippen LogP contribution in [0, 0.1) is 0 Å². The van der Waals surface area contributed by atoms with Gasteiger partial charge in [0.1, 0.15) is 5.75 Å². The summed E-state index contributed by atoms with van der Waals surface area (Å²) in [6.45, 7) is 4.45. The Labute approximate surface area is 112 Å². The molecule has 19 heavy (non-hydrogen) atoms. The van der Waals surface area contributed by atoms with E-state index in [9.17, 15) is 13.2 Å². The molecule has 0 heterocycles. The third-order valence-electron chi connectivity index (χ3n) is 2.60. The second kappa shape index (κ2) is 8.04. The number of alkyl halides is 3. The van der Waals surface area contributed by atoms with Crippen LogP contribution in [-0.2, 0) is 6.18 Å². The van der Waals surface area contributed by atoms with Crippen LogP contribution in [0.1, 0.15) is 31.7 Å². The van der Waals surface area contributed by atoms with Crippen molar-refractivity contribution in [3.63, 3.8) is 0 Å². The number of hydrogen-bond donors (Lipinski definition) is 1. The molecular weight excluding hydrogens is 255 g/mol. The summed E-state index contributed by atoms with van der Waals surface area (Å²) in [6.07, 6.45) is -1.43. The van der Waals surface area contributed by atoms with Crippen LogP contribution < -0.4 is 10.1 Å². The second-order valence-electron chi connectivity index (χ2n) is 4.33. The summed E-state index contributed by atoms with van der Waals surface area (Å²) in [7, 11) is 0. The van der Waals surface area contributed by atoms with Crippen LogP contribution >= 0.6 is 0 Å². The van der Waals surface area contributed by atoms with Gasteiger partial charge in [-0.15, -0.1) is 0 Å². The Balaban J connectivity index is 2.26. The molecule has 5 heteroatoms. The molecule has 1 N–H and O–H groups in total. The van der Waals surface area contributed by atoms with Crippen LogP contribution in [0.15, 0.2) is 24.3 Å². The first-order valence-electron chi connectivity index (χ1n) is 6.55. The monoisotopic (exact) mass is 275 g/mol. The molecule has 1 aromatic carbocycles. The van der Waals surface area contributed by atoms with Gasteiger partial charge in [-0.1, -0.05) is 13.0 Å². The molecule has 0 radical (unpaired) electrons. The predicted molar refractivity (Wildman–Crippen MR) is 69.3 cm³/mol. The van der Waals surface area contributed by atoms with E-state index in [0.29, 0.717) is 6.61 Å². The Hall–Kier alpha value is -1.23. The fourth-order valence-electron chi connectivity index (χ4n) is 1.61. The van der Waals surface area contributed by atoms with Gasteiger partial charge in [0.05, 0.1) is 12.2 Å². The van der Waals surface area contributed by atoms with Gasteiger partial charge in [-0.2, -0.15) is 13.2 Å². The molecule has 0 atom stereocenters. The SMILES string of the molecule is CCCNCCCCOc1cccc(C(F)(F)F)c1. The third kappa shape index (κ3) is 6.47. The first-order valence-corrected chi connectivity index (χ1v) is 6.55. The average Bonchev–Trinajstić information content (AvgIpc) is 2.37. The van der Waals surface area contributed by atoms with Gasteiger partial charge < -0.3 is 10.1 Å². The van der Waals surface area contributed by atoms with Crippen molar-refractivity contribution in [3.05, 3.63) is 29.8 Å². The molecule has 0 aliphatic carbocycles. The van der Waals surface area contributed by atoms with Crippen molar-refractivity contribution >= 4 is 0 Å². The van der Waals surface area contributed by atoms with Gasteiger partial charge >= 0.3 is 6.18 Å². The lowest BCUT2D eigenvalue weighted by Gasteiger charge is -2.10. The number of benzene rings is 1. The molecule has 0 saturated carbocycles. The number of halogens is 3. The molecule has 0 aliphatic heterocycles. The van der Waals surface area contributed by atoms with Crippen molar-refractivity contribution < 1.29 is 17.9 Å². The Morgan fingerprint density at radius 1 is 1.16 bits per heavy atom. The predicted octanol–water partition coefficient (Wildman–Crippen LogP) is 3.86. The normalized spacial score (nSPS) is 11.6. The third-order valence-corrected chi connectivity index (χ3v) is 2.60. The zero-order chi connectivity index (χ0) is 14.1. The lowest BCUT2D eigenvalue weighted by Crippen LogP contribution is -2.16. The lowest BCUT2D eigenvalue weighted by atomic mass is 10.2. The molecule has 0 amide bonds. The molecule has 0 saturated heterocycles. The summed E-state index contributed by atoms with van der Waals surface area (Å²) in [6, 6.07) is 4.99. The van der Waals surface area contributed by atoms with Crippen molar-refractivity contribution in [1.29, 1.82) is 0 Å². The molecule has 1 rings (SSSR count). The van der Waals surface area contributed by atoms with Crippen molar-refractivity contribution in [2.24, 2.45) is 0 Å². The summed E-state index contributed by atoms with van der Waals surface area (Å²) in [5.41, 5.74) is -0.672. The van der Waals surface area contributed by atoms with Crippen LogP contribution in [0.25, 0.3) is 0 Å². The van der Waals surface area contributed by atoms with Crippen molar-refractivity contribution in [3.8, 4) is 5.75 Å². The zero-order valence-electron chi connectivity index (χ0n) is 11.1. The zero-order valence-corrected chi connectivity index (χ0v) is 11.1. The van der Waals surface area contributed by atoms with Gasteiger partial charge in [-0.25, -0.2) is 0 Å². The molecule has 1 aromatic rings. The largest absolute Gasteiger partial charge is 0.494 e. The van der Waals surface area contributed by atoms with Crippen LogP contribution in [0.5, 0.6) is 5.75 Å². The maximum atomic E-state index is 12.5. The smallest absolute Gasteiger partial charge is 0.416 e. The molecule has 108 valence electrons. The van der Waals surface area contributed by atoms with Crippen LogP contribution in [0.3, 0.4) is 0 Å². The van der Waals surface area contributed by atoms with E-state index in [1.54, 1.807) is 6.07 Å². The first-order chi connectivity index (χ1) is 9.04. The highest BCUT2D eigenvalue weighted by molar-refractivity contribution is 5.30. The highest BCUT2D eigenvalue weighted by atomic mass is 19.4. The highest BCUT2D eigenvalue weighted by Gasteiger charge is 2.30. The standard InChI is InChI=1S/C14H20F3NO/c1-2-8-18-9-3-4-10-19-13-7-5-6-12(11-13)14(15,16)17/h5-7,11,18H,2-4,8-10H2,1H3. The highest BCUT2D eigenvalue weighted by Crippen LogP contribution is 2.31. The van der Waals surface area contributed by atoms with E-state index in [4.69, 9.17) is 4.74 Å². The average molecular weight is 275 g/mol. The van der Waals surface area contributed by atoms with Crippen LogP contribution in [-0.4, -0.2) is 19.7 Å². The number of ether oxygens (including phenoxy) is 1. The van der Waals surface area contributed by atoms with E-state index >= 15 is 0 Å². The molecule has 0 fully saturated rings. The molecule has 0 unspecified atom stereocenters. The van der Waals surface area contributed by atoms with Gasteiger partial charge in [0.15, 0.2) is 0 Å². The number of hydrogen-bond acceptors (Lipinski definition) is 2. The van der Waals surface area contributed by atoms with Crippen molar-refractivity contribution in [2.75, 3.05) is 19.7 Å². The lowest BCUT2D eigenvalue weighted by molar-refractivity contribution is -0.137. The van der Waals surface area contributed by atoms with E-state index in [-0.39, 0.29) is 5.75 Å². The van der Waals surface area contributed by atoms with E-state index in [1.807, 2.05) is 0 Å². The number of unbranched alkanes of at least 4 members (excludes halogenated alkanes) is 1. The molecular formula is C14H20F3NO. The van der Waals surface area contributed by atoms with E-state index in [0.717, 1.165) is 44.5 Å². The Bertz CT molecular complexity index is 366. The minimum Gasteiger partial charge on any atom is -0.494 e. The summed E-state index contributed by atoms with van der Waals surface area (Å²) in [5.74, 6) is 0.274. The Morgan fingerprint density at radius 2 is 1.95 bits per heavy atom. The summed E-state index contributed by atoms with van der Waals surface area (Å²) < 4.78 is 42.7. The minimum atomic E-state index is -4.32. The summed E-state index contributed by atoms with van der Waals surface area (Å²) >= 11 is 0. The number of nitrogens with one attached hydrogen (secondary N) is 1. The molecule has 0 aliphatic rings. The first kappa shape index (κ1) is 15.8. The van der Waals surface area contributed by atoms with Gasteiger partial charge in [-0.3, -0.25) is 0 Å². The van der Waals surface area contributed by atoms with Gasteiger partial charge in [-0.05, 0) is 50.6 Å². The van der Waals surface area contributed by atoms with Crippen molar-refractivity contribution in [1.82, 2.24) is 5.32 Å². The van der Waals surface area contributed by atoms with Gasteiger partial charge in [0, 0.05) is 0 Å². The maximum Gasteiger partial charge on any atom is 0.416 e. The summed E-state index contributed by atoms with van der Waals surface area (Å²) in [5, 5.41) is 3.26. The van der Waals surface area contributed by atoms with Crippen LogP contribution in [0.2, 0.25) is 0 Å². The Kier molecular flexibility index (Phi) is 6.70.